The summed E-state index contributed by atoms with van der Waals surface area (Å²) in [7, 11) is -5.20. The summed E-state index contributed by atoms with van der Waals surface area (Å²) >= 11 is 4.28. The minimum absolute atomic E-state index is 1.72. The van der Waals surface area contributed by atoms with Crippen molar-refractivity contribution in [3.63, 3.8) is 0 Å². The lowest BCUT2D eigenvalue weighted by atomic mass is 11.6. The Labute approximate surface area is 49.6 Å². The molecule has 0 amide bonds. The fraction of sp³-hybridized carbons (Fsp3) is 0. The van der Waals surface area contributed by atoms with Gasteiger partial charge in [-0.2, -0.15) is 8.42 Å². The van der Waals surface area contributed by atoms with Crippen LogP contribution in [0.3, 0.4) is 0 Å². The van der Waals surface area contributed by atoms with Crippen LogP contribution < -0.4 is 0 Å². The highest BCUT2D eigenvalue weighted by atomic mass is 35.5. The topological polar surface area (TPSA) is 60.4 Å². The van der Waals surface area contributed by atoms with E-state index in [2.05, 4.69) is 15.8 Å². The Kier molecular flexibility index (Phi) is 2.17. The highest BCUT2D eigenvalue weighted by Crippen LogP contribution is 1.97. The first-order chi connectivity index (χ1) is 3.42. The Bertz CT molecular complexity index is 182. The van der Waals surface area contributed by atoms with E-state index in [1.165, 1.54) is 0 Å². The number of carbonyl (C=O) groups is 1. The lowest BCUT2D eigenvalue weighted by Crippen LogP contribution is -1.99. The summed E-state index contributed by atoms with van der Waals surface area (Å²) in [6.45, 7) is 0. The van der Waals surface area contributed by atoms with Gasteiger partial charge >= 0.3 is 15.9 Å². The van der Waals surface area contributed by atoms with Crippen LogP contribution in [0.15, 0.2) is 0 Å². The number of rotatable bonds is 1. The molecule has 0 aliphatic carbocycles. The zero-order valence-corrected chi connectivity index (χ0v) is 4.87. The molecule has 0 aliphatic heterocycles. The summed E-state index contributed by atoms with van der Waals surface area (Å²) in [5, 5.41) is 0. The summed E-state index contributed by atoms with van der Waals surface area (Å²) in [4.78, 5) is 9.38. The van der Waals surface area contributed by atoms with Gasteiger partial charge in [0, 0.05) is 11.6 Å². The van der Waals surface area contributed by atoms with Crippen LogP contribution in [0.5, 0.6) is 0 Å². The van der Waals surface area contributed by atoms with Crippen molar-refractivity contribution in [2.75, 3.05) is 0 Å². The summed E-state index contributed by atoms with van der Waals surface area (Å²) in [6, 6.07) is 0. The van der Waals surface area contributed by atoms with Crippen molar-refractivity contribution in [2.45, 2.75) is 0 Å². The molecule has 0 saturated carbocycles. The van der Waals surface area contributed by atoms with Gasteiger partial charge in [0.1, 0.15) is 0 Å². The molecule has 0 unspecified atom stereocenters. The molecule has 0 saturated heterocycles. The molecule has 0 radical (unpaired) electrons. The molecule has 0 aromatic heterocycles. The minimum atomic E-state index is -5.20. The van der Waals surface area contributed by atoms with E-state index in [4.69, 9.17) is 0 Å². The second-order valence-electron chi connectivity index (χ2n) is 0.714. The molecule has 0 aliphatic rings. The Hall–Kier alpha value is -0.360. The number of hydrogen-bond acceptors (Lipinski definition) is 4. The van der Waals surface area contributed by atoms with Gasteiger partial charge in [0.25, 0.3) is 0 Å². The van der Waals surface area contributed by atoms with Crippen LogP contribution in [-0.2, 0) is 14.7 Å². The molecule has 7 heteroatoms. The first-order valence-electron chi connectivity index (χ1n) is 1.25. The molecule has 0 spiro atoms. The van der Waals surface area contributed by atoms with Gasteiger partial charge in [-0.3, -0.25) is 0 Å². The van der Waals surface area contributed by atoms with Crippen molar-refractivity contribution in [3.8, 4) is 0 Å². The Balaban J connectivity index is 3.95. The van der Waals surface area contributed by atoms with Crippen molar-refractivity contribution in [3.05, 3.63) is 0 Å². The van der Waals surface area contributed by atoms with E-state index in [0.717, 1.165) is 0 Å². The number of halogens is 2. The summed E-state index contributed by atoms with van der Waals surface area (Å²) in [5.41, 5.74) is -1.72. The van der Waals surface area contributed by atoms with E-state index >= 15 is 0 Å². The maximum absolute atomic E-state index is 11.1. The fourth-order valence-electron chi connectivity index (χ4n) is 0.0783. The van der Waals surface area contributed by atoms with E-state index in [0.29, 0.717) is 0 Å². The van der Waals surface area contributed by atoms with E-state index in [1.54, 1.807) is 0 Å². The maximum Gasteiger partial charge on any atom is 0.492 e. The average Bonchev–Trinajstić information content (AvgIpc) is 1.21. The Morgan fingerprint density at radius 1 is 1.62 bits per heavy atom. The van der Waals surface area contributed by atoms with Crippen molar-refractivity contribution in [2.24, 2.45) is 0 Å². The molecule has 48 valence electrons. The molecule has 0 rings (SSSR count). The standard InChI is InChI=1S/CClFO4S/c2-1(4)7-8(3,5)6. The highest BCUT2D eigenvalue weighted by Gasteiger charge is 2.11. The number of carbonyl (C=O) groups excluding carboxylic acids is 1. The Morgan fingerprint density at radius 2 is 2.00 bits per heavy atom. The first kappa shape index (κ1) is 7.64. The van der Waals surface area contributed by atoms with Crippen LogP contribution >= 0.6 is 11.6 Å². The third-order valence-electron chi connectivity index (χ3n) is 0.165. The zero-order valence-electron chi connectivity index (χ0n) is 3.30. The van der Waals surface area contributed by atoms with E-state index in [1.807, 2.05) is 0 Å². The van der Waals surface area contributed by atoms with Crippen molar-refractivity contribution in [1.29, 1.82) is 0 Å². The predicted octanol–water partition coefficient (Wildman–Crippen LogP) is 0.576. The van der Waals surface area contributed by atoms with Gasteiger partial charge in [0.05, 0.1) is 0 Å². The molecule has 0 heterocycles. The molecular formula is CClFO4S. The molecule has 0 aromatic carbocycles. The fourth-order valence-corrected chi connectivity index (χ4v) is 0.461. The third kappa shape index (κ3) is 5.64. The lowest BCUT2D eigenvalue weighted by Gasteiger charge is -1.85. The predicted molar refractivity (Wildman–Crippen MR) is 22.4 cm³/mol. The van der Waals surface area contributed by atoms with E-state index < -0.39 is 15.9 Å². The van der Waals surface area contributed by atoms with Gasteiger partial charge in [-0.25, -0.2) is 4.79 Å². The molecule has 0 fully saturated rings. The van der Waals surface area contributed by atoms with Crippen molar-refractivity contribution >= 4 is 27.5 Å². The Morgan fingerprint density at radius 3 is 2.00 bits per heavy atom. The molecule has 4 nitrogen and oxygen atoms in total. The average molecular weight is 163 g/mol. The van der Waals surface area contributed by atoms with Gasteiger partial charge in [-0.1, -0.05) is 3.89 Å². The normalized spacial score (nSPS) is 10.8. The lowest BCUT2D eigenvalue weighted by molar-refractivity contribution is 0.224. The van der Waals surface area contributed by atoms with Gasteiger partial charge in [0.2, 0.25) is 0 Å². The second kappa shape index (κ2) is 2.27. The van der Waals surface area contributed by atoms with E-state index in [9.17, 15) is 17.1 Å². The maximum atomic E-state index is 11.1. The summed E-state index contributed by atoms with van der Waals surface area (Å²) < 4.78 is 32.4. The largest absolute Gasteiger partial charge is 0.492 e. The van der Waals surface area contributed by atoms with Crippen LogP contribution in [0.4, 0.5) is 8.68 Å². The molecule has 0 N–H and O–H groups in total. The monoisotopic (exact) mass is 162 g/mol. The number of hydrogen-bond donors (Lipinski definition) is 0. The summed E-state index contributed by atoms with van der Waals surface area (Å²) in [5.74, 6) is 0. The van der Waals surface area contributed by atoms with Crippen LogP contribution in [0.25, 0.3) is 0 Å². The SMILES string of the molecule is O=C(Cl)OS(=O)(=O)F. The van der Waals surface area contributed by atoms with Gasteiger partial charge < -0.3 is 4.18 Å². The minimum Gasteiger partial charge on any atom is -0.307 e. The zero-order chi connectivity index (χ0) is 6.78. The van der Waals surface area contributed by atoms with Crippen molar-refractivity contribution < 1.29 is 21.3 Å². The van der Waals surface area contributed by atoms with Crippen LogP contribution in [0, 0.1) is 0 Å². The second-order valence-corrected chi connectivity index (χ2v) is 1.98. The molecule has 8 heavy (non-hydrogen) atoms. The molecule has 0 atom stereocenters. The third-order valence-corrected chi connectivity index (χ3v) is 0.684. The van der Waals surface area contributed by atoms with Crippen LogP contribution in [0.1, 0.15) is 0 Å². The van der Waals surface area contributed by atoms with Gasteiger partial charge in [-0.15, -0.1) is 0 Å². The van der Waals surface area contributed by atoms with Crippen LogP contribution in [-0.4, -0.2) is 13.8 Å². The summed E-state index contributed by atoms with van der Waals surface area (Å²) in [6.07, 6.45) is 0. The van der Waals surface area contributed by atoms with Gasteiger partial charge in [0.15, 0.2) is 0 Å². The van der Waals surface area contributed by atoms with E-state index in [-0.39, 0.29) is 0 Å². The van der Waals surface area contributed by atoms with Crippen molar-refractivity contribution in [1.82, 2.24) is 0 Å². The quantitative estimate of drug-likeness (QED) is 0.529. The van der Waals surface area contributed by atoms with Crippen LogP contribution in [0.2, 0.25) is 0 Å². The molecule has 0 aromatic rings. The molecule has 0 bridgehead atoms. The highest BCUT2D eigenvalue weighted by molar-refractivity contribution is 7.82. The first-order valence-corrected chi connectivity index (χ1v) is 2.94. The van der Waals surface area contributed by atoms with Gasteiger partial charge in [-0.05, 0) is 0 Å². The smallest absolute Gasteiger partial charge is 0.307 e. The molecular weight excluding hydrogens is 163 g/mol.